The van der Waals surface area contributed by atoms with Gasteiger partial charge >= 0.3 is 0 Å². The van der Waals surface area contributed by atoms with Crippen molar-refractivity contribution in [2.75, 3.05) is 17.3 Å². The molecule has 1 aromatic rings. The Bertz CT molecular complexity index is 433. The number of benzene rings is 1. The van der Waals surface area contributed by atoms with E-state index >= 15 is 0 Å². The van der Waals surface area contributed by atoms with Gasteiger partial charge in [-0.3, -0.25) is 4.79 Å². The molecule has 0 saturated carbocycles. The normalized spacial score (nSPS) is 10.0. The van der Waals surface area contributed by atoms with E-state index in [0.717, 1.165) is 22.6 Å². The molecule has 3 nitrogen and oxygen atoms in total. The Morgan fingerprint density at radius 2 is 2.24 bits per heavy atom. The highest BCUT2D eigenvalue weighted by Gasteiger charge is 2.06. The monoisotopic (exact) mass is 268 g/mol. The van der Waals surface area contributed by atoms with Crippen molar-refractivity contribution in [2.24, 2.45) is 5.73 Å². The maximum atomic E-state index is 11.6. The quantitative estimate of drug-likeness (QED) is 0.805. The molecular weight excluding hydrogens is 252 g/mol. The molecule has 0 saturated heterocycles. The van der Waals surface area contributed by atoms with Crippen molar-refractivity contribution in [3.05, 3.63) is 29.3 Å². The largest absolute Gasteiger partial charge is 0.389 e. The van der Waals surface area contributed by atoms with E-state index in [2.05, 4.69) is 5.32 Å². The first kappa shape index (κ1) is 14.0. The van der Waals surface area contributed by atoms with Crippen molar-refractivity contribution in [2.45, 2.75) is 13.3 Å². The van der Waals surface area contributed by atoms with Crippen molar-refractivity contribution in [3.63, 3.8) is 0 Å². The van der Waals surface area contributed by atoms with Gasteiger partial charge in [0.1, 0.15) is 4.99 Å². The van der Waals surface area contributed by atoms with E-state index in [4.69, 9.17) is 18.0 Å². The standard InChI is InChI=1S/C12H16N2OS2/c1-8-3-4-9(12(13)16)7-10(8)14-11(15)5-6-17-2/h3-4,7H,5-6H2,1-2H3,(H2,13,16)(H,14,15). The SMILES string of the molecule is CSCCC(=O)Nc1cc(C(N)=S)ccc1C. The molecule has 0 radical (unpaired) electrons. The van der Waals surface area contributed by atoms with Gasteiger partial charge in [-0.05, 0) is 24.8 Å². The highest BCUT2D eigenvalue weighted by molar-refractivity contribution is 7.98. The summed E-state index contributed by atoms with van der Waals surface area (Å²) in [6, 6.07) is 5.57. The number of carbonyl (C=O) groups is 1. The number of anilines is 1. The van der Waals surface area contributed by atoms with Gasteiger partial charge in [0.15, 0.2) is 0 Å². The van der Waals surface area contributed by atoms with Crippen molar-refractivity contribution >= 4 is 40.6 Å². The zero-order chi connectivity index (χ0) is 12.8. The summed E-state index contributed by atoms with van der Waals surface area (Å²) in [5, 5.41) is 2.87. The molecule has 0 aromatic heterocycles. The zero-order valence-corrected chi connectivity index (χ0v) is 11.6. The number of nitrogens with one attached hydrogen (secondary N) is 1. The number of thiocarbonyl (C=S) groups is 1. The highest BCUT2D eigenvalue weighted by Crippen LogP contribution is 2.17. The minimum Gasteiger partial charge on any atom is -0.389 e. The van der Waals surface area contributed by atoms with Crippen LogP contribution in [0.1, 0.15) is 17.5 Å². The lowest BCUT2D eigenvalue weighted by atomic mass is 10.1. The van der Waals surface area contributed by atoms with Crippen LogP contribution >= 0.6 is 24.0 Å². The van der Waals surface area contributed by atoms with Gasteiger partial charge in [0.2, 0.25) is 5.91 Å². The predicted octanol–water partition coefficient (Wildman–Crippen LogP) is 2.32. The first-order valence-electron chi connectivity index (χ1n) is 5.24. The smallest absolute Gasteiger partial charge is 0.225 e. The maximum absolute atomic E-state index is 11.6. The summed E-state index contributed by atoms with van der Waals surface area (Å²) in [6.45, 7) is 1.94. The molecule has 92 valence electrons. The Morgan fingerprint density at radius 3 is 2.82 bits per heavy atom. The van der Waals surface area contributed by atoms with Crippen LogP contribution in [-0.2, 0) is 4.79 Å². The number of hydrogen-bond acceptors (Lipinski definition) is 3. The number of aryl methyl sites for hydroxylation is 1. The molecule has 0 unspecified atom stereocenters. The van der Waals surface area contributed by atoms with E-state index in [1.807, 2.05) is 31.4 Å². The Labute approximate surface area is 111 Å². The van der Waals surface area contributed by atoms with Gasteiger partial charge in [-0.2, -0.15) is 11.8 Å². The molecule has 0 aliphatic carbocycles. The molecule has 1 aromatic carbocycles. The Kier molecular flexibility index (Phi) is 5.44. The first-order valence-corrected chi connectivity index (χ1v) is 7.04. The number of nitrogens with two attached hydrogens (primary N) is 1. The van der Waals surface area contributed by atoms with Crippen LogP contribution in [0.15, 0.2) is 18.2 Å². The molecule has 5 heteroatoms. The summed E-state index contributed by atoms with van der Waals surface area (Å²) in [7, 11) is 0. The van der Waals surface area contributed by atoms with E-state index < -0.39 is 0 Å². The molecule has 0 atom stereocenters. The Hall–Kier alpha value is -1.07. The van der Waals surface area contributed by atoms with Crippen LogP contribution in [0.3, 0.4) is 0 Å². The van der Waals surface area contributed by atoms with E-state index in [-0.39, 0.29) is 5.91 Å². The van der Waals surface area contributed by atoms with Gasteiger partial charge in [0, 0.05) is 23.4 Å². The summed E-state index contributed by atoms with van der Waals surface area (Å²) in [6.07, 6.45) is 2.49. The van der Waals surface area contributed by atoms with Crippen LogP contribution < -0.4 is 11.1 Å². The number of thioether (sulfide) groups is 1. The second kappa shape index (κ2) is 6.61. The van der Waals surface area contributed by atoms with Gasteiger partial charge in [0.25, 0.3) is 0 Å². The van der Waals surface area contributed by atoms with Gasteiger partial charge < -0.3 is 11.1 Å². The van der Waals surface area contributed by atoms with Crippen molar-refractivity contribution in [3.8, 4) is 0 Å². The predicted molar refractivity (Wildman–Crippen MR) is 78.7 cm³/mol. The third-order valence-corrected chi connectivity index (χ3v) is 3.18. The molecular formula is C12H16N2OS2. The van der Waals surface area contributed by atoms with Crippen molar-refractivity contribution in [1.29, 1.82) is 0 Å². The van der Waals surface area contributed by atoms with Gasteiger partial charge in [-0.25, -0.2) is 0 Å². The Balaban J connectivity index is 2.79. The maximum Gasteiger partial charge on any atom is 0.225 e. The number of hydrogen-bond donors (Lipinski definition) is 2. The second-order valence-corrected chi connectivity index (χ2v) is 5.11. The van der Waals surface area contributed by atoms with Crippen molar-refractivity contribution in [1.82, 2.24) is 0 Å². The number of amides is 1. The fraction of sp³-hybridized carbons (Fsp3) is 0.333. The minimum atomic E-state index is 0.0162. The molecule has 0 spiro atoms. The molecule has 1 amide bonds. The lowest BCUT2D eigenvalue weighted by molar-refractivity contribution is -0.115. The molecule has 3 N–H and O–H groups in total. The van der Waals surface area contributed by atoms with E-state index in [1.54, 1.807) is 11.8 Å². The van der Waals surface area contributed by atoms with Gasteiger partial charge in [0.05, 0.1) is 0 Å². The van der Waals surface area contributed by atoms with Crippen LogP contribution in [-0.4, -0.2) is 22.9 Å². The van der Waals surface area contributed by atoms with Gasteiger partial charge in [-0.1, -0.05) is 24.4 Å². The molecule has 1 rings (SSSR count). The molecule has 0 aliphatic rings. The molecule has 0 bridgehead atoms. The zero-order valence-electron chi connectivity index (χ0n) is 9.95. The molecule has 0 heterocycles. The van der Waals surface area contributed by atoms with E-state index in [1.165, 1.54) is 0 Å². The van der Waals surface area contributed by atoms with E-state index in [0.29, 0.717) is 11.4 Å². The first-order chi connectivity index (χ1) is 8.04. The fourth-order valence-corrected chi connectivity index (χ4v) is 1.83. The van der Waals surface area contributed by atoms with E-state index in [9.17, 15) is 4.79 Å². The molecule has 17 heavy (non-hydrogen) atoms. The summed E-state index contributed by atoms with van der Waals surface area (Å²) in [5.41, 5.74) is 8.11. The molecule has 0 aliphatic heterocycles. The average molecular weight is 268 g/mol. The van der Waals surface area contributed by atoms with Gasteiger partial charge in [-0.15, -0.1) is 0 Å². The summed E-state index contributed by atoms with van der Waals surface area (Å²) < 4.78 is 0. The minimum absolute atomic E-state index is 0.0162. The Morgan fingerprint density at radius 1 is 1.53 bits per heavy atom. The molecule has 0 fully saturated rings. The van der Waals surface area contributed by atoms with Crippen LogP contribution in [0.2, 0.25) is 0 Å². The summed E-state index contributed by atoms with van der Waals surface area (Å²) >= 11 is 6.56. The van der Waals surface area contributed by atoms with Crippen LogP contribution in [0.25, 0.3) is 0 Å². The highest BCUT2D eigenvalue weighted by atomic mass is 32.2. The third-order valence-electron chi connectivity index (χ3n) is 2.33. The van der Waals surface area contributed by atoms with Crippen LogP contribution in [0.4, 0.5) is 5.69 Å². The number of carbonyl (C=O) groups excluding carboxylic acids is 1. The van der Waals surface area contributed by atoms with Crippen LogP contribution in [0, 0.1) is 6.92 Å². The fourth-order valence-electron chi connectivity index (χ4n) is 1.32. The second-order valence-electron chi connectivity index (χ2n) is 3.68. The topological polar surface area (TPSA) is 55.1 Å². The summed E-state index contributed by atoms with van der Waals surface area (Å²) in [5.74, 6) is 0.836. The number of rotatable bonds is 5. The summed E-state index contributed by atoms with van der Waals surface area (Å²) in [4.78, 5) is 12.0. The van der Waals surface area contributed by atoms with Crippen molar-refractivity contribution < 1.29 is 4.79 Å². The lowest BCUT2D eigenvalue weighted by Gasteiger charge is -2.09. The van der Waals surface area contributed by atoms with Crippen LogP contribution in [0.5, 0.6) is 0 Å². The lowest BCUT2D eigenvalue weighted by Crippen LogP contribution is -2.15. The third kappa shape index (κ3) is 4.36. The average Bonchev–Trinajstić information content (AvgIpc) is 2.29.